The van der Waals surface area contributed by atoms with Crippen LogP contribution >= 0.6 is 0 Å². The second-order valence-corrected chi connectivity index (χ2v) is 15.7. The minimum atomic E-state index is -3.48. The molecule has 0 atom stereocenters. The van der Waals surface area contributed by atoms with Crippen LogP contribution in [0.2, 0.25) is 0 Å². The fraction of sp³-hybridized carbons (Fsp3) is 0.500. The molecule has 13 nitrogen and oxygen atoms in total. The summed E-state index contributed by atoms with van der Waals surface area (Å²) < 4.78 is 32.2. The summed E-state index contributed by atoms with van der Waals surface area (Å²) in [7, 11) is -3.48. The van der Waals surface area contributed by atoms with E-state index in [9.17, 15) is 13.5 Å². The van der Waals surface area contributed by atoms with Crippen molar-refractivity contribution in [3.63, 3.8) is 0 Å². The Morgan fingerprint density at radius 3 is 2.48 bits per heavy atom. The number of ether oxygens (including phenoxy) is 1. The third-order valence-corrected chi connectivity index (χ3v) is 11.6. The van der Waals surface area contributed by atoms with Crippen molar-refractivity contribution in [2.45, 2.75) is 75.7 Å². The van der Waals surface area contributed by atoms with Gasteiger partial charge in [0.15, 0.2) is 5.82 Å². The van der Waals surface area contributed by atoms with E-state index in [-0.39, 0.29) is 17.2 Å². The van der Waals surface area contributed by atoms with Crippen molar-refractivity contribution in [3.05, 3.63) is 55.2 Å². The predicted molar refractivity (Wildman–Crippen MR) is 184 cm³/mol. The van der Waals surface area contributed by atoms with Crippen LogP contribution in [0.5, 0.6) is 5.75 Å². The molecule has 3 fully saturated rings. The summed E-state index contributed by atoms with van der Waals surface area (Å²) in [6, 6.07) is 7.83. The molecule has 1 aliphatic heterocycles. The number of aromatic nitrogens is 6. The first kappa shape index (κ1) is 32.4. The van der Waals surface area contributed by atoms with Crippen molar-refractivity contribution in [2.75, 3.05) is 36.9 Å². The van der Waals surface area contributed by atoms with Crippen LogP contribution < -0.4 is 15.4 Å². The van der Waals surface area contributed by atoms with Gasteiger partial charge in [0.25, 0.3) is 10.0 Å². The molecule has 0 aromatic carbocycles. The van der Waals surface area contributed by atoms with Gasteiger partial charge in [0.05, 0.1) is 40.7 Å². The smallest absolute Gasteiger partial charge is 0.256 e. The Kier molecular flexibility index (Phi) is 9.05. The molecule has 48 heavy (non-hydrogen) atoms. The summed E-state index contributed by atoms with van der Waals surface area (Å²) in [6.07, 6.45) is 14.4. The van der Waals surface area contributed by atoms with E-state index in [4.69, 9.17) is 14.7 Å². The van der Waals surface area contributed by atoms with Crippen LogP contribution in [0.4, 0.5) is 17.3 Å². The molecule has 4 aromatic rings. The summed E-state index contributed by atoms with van der Waals surface area (Å²) in [5, 5.41) is 21.3. The average Bonchev–Trinajstić information content (AvgIpc) is 3.80. The van der Waals surface area contributed by atoms with Crippen molar-refractivity contribution in [1.29, 1.82) is 0 Å². The summed E-state index contributed by atoms with van der Waals surface area (Å²) >= 11 is 0. The minimum absolute atomic E-state index is 0.232. The standard InChI is InChI=1S/C34H43N9O4S/c1-34(2,44)24-4-6-25(7-5-24)39-30-18-32(37-21-28(30)29-11-8-26(20-36-29)47-17-16-42-14-3-15-42)40-31-12-13-35-33(41-31)23-19-38-43(22-23)48(45,46)27-9-10-27/h8,11-13,18-22,24-25,27,44H,3-7,9-10,14-17H2,1-2H3,(H2,35,37,39,40,41). The van der Waals surface area contributed by atoms with Gasteiger partial charge in [0.1, 0.15) is 24.0 Å². The number of hydrogen-bond acceptors (Lipinski definition) is 12. The van der Waals surface area contributed by atoms with Crippen molar-refractivity contribution >= 4 is 27.3 Å². The second-order valence-electron chi connectivity index (χ2n) is 13.6. The van der Waals surface area contributed by atoms with Crippen LogP contribution in [0, 0.1) is 5.92 Å². The average molecular weight is 674 g/mol. The van der Waals surface area contributed by atoms with E-state index in [2.05, 4.69) is 30.6 Å². The number of nitrogens with one attached hydrogen (secondary N) is 2. The van der Waals surface area contributed by atoms with E-state index in [0.717, 1.165) is 72.1 Å². The third-order valence-electron chi connectivity index (χ3n) is 9.56. The van der Waals surface area contributed by atoms with E-state index in [0.29, 0.717) is 42.5 Å². The maximum atomic E-state index is 12.6. The lowest BCUT2D eigenvalue weighted by atomic mass is 9.77. The van der Waals surface area contributed by atoms with Crippen LogP contribution in [-0.2, 0) is 10.0 Å². The van der Waals surface area contributed by atoms with Crippen LogP contribution in [0.15, 0.2) is 55.2 Å². The second kappa shape index (κ2) is 13.4. The molecule has 0 spiro atoms. The first-order valence-electron chi connectivity index (χ1n) is 16.8. The van der Waals surface area contributed by atoms with Gasteiger partial charge in [-0.15, -0.1) is 0 Å². The monoisotopic (exact) mass is 673 g/mol. The molecule has 1 saturated heterocycles. The van der Waals surface area contributed by atoms with Gasteiger partial charge in [-0.25, -0.2) is 23.4 Å². The van der Waals surface area contributed by atoms with Gasteiger partial charge in [-0.1, -0.05) is 0 Å². The normalized spacial score (nSPS) is 20.2. The Hall–Kier alpha value is -4.14. The molecule has 7 rings (SSSR count). The van der Waals surface area contributed by atoms with Crippen molar-refractivity contribution < 1.29 is 18.3 Å². The molecule has 0 unspecified atom stereocenters. The van der Waals surface area contributed by atoms with Gasteiger partial charge in [-0.05, 0) is 96.0 Å². The molecule has 0 amide bonds. The molecular formula is C34H43N9O4S. The predicted octanol–water partition coefficient (Wildman–Crippen LogP) is 4.71. The summed E-state index contributed by atoms with van der Waals surface area (Å²) in [4.78, 5) is 20.8. The number of rotatable bonds is 13. The van der Waals surface area contributed by atoms with Gasteiger partial charge in [-0.3, -0.25) is 9.88 Å². The highest BCUT2D eigenvalue weighted by molar-refractivity contribution is 7.90. The maximum Gasteiger partial charge on any atom is 0.256 e. The molecule has 0 radical (unpaired) electrons. The van der Waals surface area contributed by atoms with E-state index in [1.807, 2.05) is 32.0 Å². The fourth-order valence-electron chi connectivity index (χ4n) is 6.31. The molecule has 4 aromatic heterocycles. The zero-order valence-corrected chi connectivity index (χ0v) is 28.2. The zero-order valence-electron chi connectivity index (χ0n) is 27.4. The maximum absolute atomic E-state index is 12.6. The highest BCUT2D eigenvalue weighted by Crippen LogP contribution is 2.36. The van der Waals surface area contributed by atoms with Crippen LogP contribution in [0.3, 0.4) is 0 Å². The molecule has 5 heterocycles. The summed E-state index contributed by atoms with van der Waals surface area (Å²) in [6.45, 7) is 7.64. The number of pyridine rings is 2. The van der Waals surface area contributed by atoms with Crippen LogP contribution in [0.1, 0.15) is 58.8 Å². The highest BCUT2D eigenvalue weighted by Gasteiger charge is 2.38. The van der Waals surface area contributed by atoms with Crippen molar-refractivity contribution in [1.82, 2.24) is 34.0 Å². The van der Waals surface area contributed by atoms with Gasteiger partial charge in [-0.2, -0.15) is 9.19 Å². The van der Waals surface area contributed by atoms with Gasteiger partial charge < -0.3 is 20.5 Å². The molecule has 3 aliphatic rings. The Morgan fingerprint density at radius 2 is 1.79 bits per heavy atom. The SMILES string of the molecule is CC(C)(O)C1CCC(Nc2cc(Nc3ccnc(-c4cnn(S(=O)(=O)C5CC5)c4)n3)ncc2-c2ccc(OCCN3CCC3)cn2)CC1. The van der Waals surface area contributed by atoms with E-state index in [1.165, 1.54) is 18.8 Å². The van der Waals surface area contributed by atoms with Gasteiger partial charge >= 0.3 is 0 Å². The lowest BCUT2D eigenvalue weighted by molar-refractivity contribution is -0.000392. The Balaban J connectivity index is 1.09. The number of aliphatic hydroxyl groups is 1. The number of likely N-dealkylation sites (tertiary alicyclic amines) is 1. The molecule has 14 heteroatoms. The zero-order chi connectivity index (χ0) is 33.3. The quantitative estimate of drug-likeness (QED) is 0.180. The molecule has 2 saturated carbocycles. The molecular weight excluding hydrogens is 630 g/mol. The van der Waals surface area contributed by atoms with Gasteiger partial charge in [0, 0.05) is 42.3 Å². The van der Waals surface area contributed by atoms with E-state index >= 15 is 0 Å². The Bertz CT molecular complexity index is 1830. The lowest BCUT2D eigenvalue weighted by Crippen LogP contribution is -2.39. The Morgan fingerprint density at radius 1 is 0.979 bits per heavy atom. The summed E-state index contributed by atoms with van der Waals surface area (Å²) in [5.41, 5.74) is 2.35. The van der Waals surface area contributed by atoms with E-state index < -0.39 is 15.6 Å². The van der Waals surface area contributed by atoms with E-state index in [1.54, 1.807) is 24.7 Å². The number of nitrogens with zero attached hydrogens (tertiary/aromatic N) is 7. The van der Waals surface area contributed by atoms with Gasteiger partial charge in [0.2, 0.25) is 0 Å². The first-order valence-corrected chi connectivity index (χ1v) is 18.3. The first-order chi connectivity index (χ1) is 23.1. The topological polar surface area (TPSA) is 160 Å². The van der Waals surface area contributed by atoms with Crippen molar-refractivity contribution in [2.24, 2.45) is 5.92 Å². The van der Waals surface area contributed by atoms with Crippen LogP contribution in [-0.4, -0.2) is 90.7 Å². The lowest BCUT2D eigenvalue weighted by Gasteiger charge is -2.36. The largest absolute Gasteiger partial charge is 0.491 e. The van der Waals surface area contributed by atoms with Crippen molar-refractivity contribution in [3.8, 4) is 28.4 Å². The minimum Gasteiger partial charge on any atom is -0.491 e. The molecule has 2 aliphatic carbocycles. The molecule has 3 N–H and O–H groups in total. The Labute approximate surface area is 281 Å². The highest BCUT2D eigenvalue weighted by atomic mass is 32.2. The third kappa shape index (κ3) is 7.45. The molecule has 0 bridgehead atoms. The number of anilines is 3. The molecule has 254 valence electrons. The number of hydrogen-bond donors (Lipinski definition) is 3. The summed E-state index contributed by atoms with van der Waals surface area (Å²) in [5.74, 6) is 2.45. The fourth-order valence-corrected chi connectivity index (χ4v) is 7.79. The van der Waals surface area contributed by atoms with Crippen LogP contribution in [0.25, 0.3) is 22.6 Å².